The van der Waals surface area contributed by atoms with Crippen molar-refractivity contribution in [3.63, 3.8) is 0 Å². The van der Waals surface area contributed by atoms with Gasteiger partial charge in [0, 0.05) is 24.2 Å². The molecule has 21 heavy (non-hydrogen) atoms. The maximum absolute atomic E-state index is 6.29. The van der Waals surface area contributed by atoms with Gasteiger partial charge in [0.25, 0.3) is 0 Å². The SMILES string of the molecule is CCC(Cc1cn(CC)nn1)c1cc(Cl)c(C)cc1OC. The molecular formula is C16H22ClN3O. The molecule has 0 radical (unpaired) electrons. The second-order valence-electron chi connectivity index (χ2n) is 5.22. The Morgan fingerprint density at radius 3 is 2.67 bits per heavy atom. The van der Waals surface area contributed by atoms with Gasteiger partial charge in [-0.05, 0) is 49.4 Å². The van der Waals surface area contributed by atoms with Gasteiger partial charge in [-0.3, -0.25) is 4.68 Å². The Morgan fingerprint density at radius 1 is 1.33 bits per heavy atom. The number of aryl methyl sites for hydroxylation is 2. The number of rotatable bonds is 6. The van der Waals surface area contributed by atoms with Gasteiger partial charge in [-0.25, -0.2) is 0 Å². The van der Waals surface area contributed by atoms with Crippen LogP contribution in [0.25, 0.3) is 0 Å². The van der Waals surface area contributed by atoms with E-state index in [2.05, 4.69) is 24.2 Å². The number of hydrogen-bond donors (Lipinski definition) is 0. The lowest BCUT2D eigenvalue weighted by atomic mass is 9.90. The van der Waals surface area contributed by atoms with Crippen molar-refractivity contribution in [3.8, 4) is 5.75 Å². The zero-order valence-electron chi connectivity index (χ0n) is 13.1. The Morgan fingerprint density at radius 2 is 2.10 bits per heavy atom. The van der Waals surface area contributed by atoms with Gasteiger partial charge in [-0.15, -0.1) is 5.10 Å². The summed E-state index contributed by atoms with van der Waals surface area (Å²) in [5, 5.41) is 9.11. The zero-order chi connectivity index (χ0) is 15.4. The van der Waals surface area contributed by atoms with E-state index in [1.165, 1.54) is 0 Å². The van der Waals surface area contributed by atoms with Crippen molar-refractivity contribution in [1.29, 1.82) is 0 Å². The molecule has 4 nitrogen and oxygen atoms in total. The molecule has 0 bridgehead atoms. The summed E-state index contributed by atoms with van der Waals surface area (Å²) in [5.41, 5.74) is 3.17. The summed E-state index contributed by atoms with van der Waals surface area (Å²) in [4.78, 5) is 0. The molecule has 114 valence electrons. The van der Waals surface area contributed by atoms with Crippen LogP contribution in [0, 0.1) is 6.92 Å². The quantitative estimate of drug-likeness (QED) is 0.809. The molecule has 0 saturated heterocycles. The molecule has 0 fully saturated rings. The van der Waals surface area contributed by atoms with Crippen LogP contribution in [0.5, 0.6) is 5.75 Å². The number of nitrogens with zero attached hydrogens (tertiary/aromatic N) is 3. The summed E-state index contributed by atoms with van der Waals surface area (Å²) in [7, 11) is 1.70. The van der Waals surface area contributed by atoms with Gasteiger partial charge in [0.05, 0.1) is 12.8 Å². The van der Waals surface area contributed by atoms with Crippen LogP contribution in [0.1, 0.15) is 43.0 Å². The molecular weight excluding hydrogens is 286 g/mol. The minimum atomic E-state index is 0.319. The first-order chi connectivity index (χ1) is 10.1. The highest BCUT2D eigenvalue weighted by Crippen LogP contribution is 2.35. The van der Waals surface area contributed by atoms with E-state index in [0.717, 1.165) is 47.0 Å². The summed E-state index contributed by atoms with van der Waals surface area (Å²) in [5.74, 6) is 1.21. The van der Waals surface area contributed by atoms with E-state index in [1.54, 1.807) is 7.11 Å². The van der Waals surface area contributed by atoms with Gasteiger partial charge >= 0.3 is 0 Å². The Kier molecular flexibility index (Phi) is 5.23. The monoisotopic (exact) mass is 307 g/mol. The Balaban J connectivity index is 2.30. The fraction of sp³-hybridized carbons (Fsp3) is 0.500. The highest BCUT2D eigenvalue weighted by atomic mass is 35.5. The maximum atomic E-state index is 6.29. The fourth-order valence-corrected chi connectivity index (χ4v) is 2.65. The van der Waals surface area contributed by atoms with Crippen LogP contribution in [0.4, 0.5) is 0 Å². The van der Waals surface area contributed by atoms with Gasteiger partial charge in [-0.1, -0.05) is 23.7 Å². The van der Waals surface area contributed by atoms with Crippen LogP contribution in [0.3, 0.4) is 0 Å². The molecule has 1 aromatic heterocycles. The Labute approximate surface area is 131 Å². The van der Waals surface area contributed by atoms with Crippen molar-refractivity contribution in [2.45, 2.75) is 46.1 Å². The van der Waals surface area contributed by atoms with Gasteiger partial charge < -0.3 is 4.74 Å². The highest BCUT2D eigenvalue weighted by molar-refractivity contribution is 6.31. The number of halogens is 1. The Hall–Kier alpha value is -1.55. The van der Waals surface area contributed by atoms with Crippen LogP contribution in [0.2, 0.25) is 5.02 Å². The van der Waals surface area contributed by atoms with Crippen LogP contribution >= 0.6 is 11.6 Å². The van der Waals surface area contributed by atoms with E-state index >= 15 is 0 Å². The minimum absolute atomic E-state index is 0.319. The molecule has 2 rings (SSSR count). The number of ether oxygens (including phenoxy) is 1. The van der Waals surface area contributed by atoms with Gasteiger partial charge in [0.15, 0.2) is 0 Å². The van der Waals surface area contributed by atoms with Crippen molar-refractivity contribution >= 4 is 11.6 Å². The predicted octanol–water partition coefficient (Wildman–Crippen LogP) is 4.00. The lowest BCUT2D eigenvalue weighted by molar-refractivity contribution is 0.403. The second-order valence-corrected chi connectivity index (χ2v) is 5.63. The topological polar surface area (TPSA) is 39.9 Å². The third kappa shape index (κ3) is 3.56. The van der Waals surface area contributed by atoms with Crippen molar-refractivity contribution in [2.24, 2.45) is 0 Å². The molecule has 0 aliphatic heterocycles. The molecule has 0 N–H and O–H groups in total. The first kappa shape index (κ1) is 15.8. The normalized spacial score (nSPS) is 12.4. The van der Waals surface area contributed by atoms with E-state index in [4.69, 9.17) is 16.3 Å². The summed E-state index contributed by atoms with van der Waals surface area (Å²) in [6.45, 7) is 7.05. The Bertz CT molecular complexity index is 610. The minimum Gasteiger partial charge on any atom is -0.496 e. The molecule has 0 saturated carbocycles. The average Bonchev–Trinajstić information content (AvgIpc) is 2.95. The van der Waals surface area contributed by atoms with Gasteiger partial charge in [0.2, 0.25) is 0 Å². The smallest absolute Gasteiger partial charge is 0.122 e. The summed E-state index contributed by atoms with van der Waals surface area (Å²) in [6, 6.07) is 4.03. The molecule has 1 atom stereocenters. The van der Waals surface area contributed by atoms with Crippen LogP contribution in [-0.4, -0.2) is 22.1 Å². The standard InChI is InChI=1S/C16H22ClN3O/c1-5-12(8-13-10-20(6-2)19-18-13)14-9-15(17)11(3)7-16(14)21-4/h7,9-10,12H,5-6,8H2,1-4H3. The molecule has 0 spiro atoms. The molecule has 0 aliphatic rings. The van der Waals surface area contributed by atoms with Crippen LogP contribution in [0.15, 0.2) is 18.3 Å². The number of aromatic nitrogens is 3. The molecule has 1 heterocycles. The molecule has 2 aromatic rings. The van der Waals surface area contributed by atoms with E-state index in [0.29, 0.717) is 5.92 Å². The van der Waals surface area contributed by atoms with Crippen LogP contribution < -0.4 is 4.74 Å². The van der Waals surface area contributed by atoms with Gasteiger partial charge in [-0.2, -0.15) is 0 Å². The highest BCUT2D eigenvalue weighted by Gasteiger charge is 2.18. The molecule has 5 heteroatoms. The molecule has 1 unspecified atom stereocenters. The summed E-state index contributed by atoms with van der Waals surface area (Å²) < 4.78 is 7.38. The molecule has 1 aromatic carbocycles. The third-order valence-electron chi connectivity index (χ3n) is 3.81. The van der Waals surface area contributed by atoms with Crippen molar-refractivity contribution < 1.29 is 4.74 Å². The zero-order valence-corrected chi connectivity index (χ0v) is 13.8. The van der Waals surface area contributed by atoms with Crippen molar-refractivity contribution in [2.75, 3.05) is 7.11 Å². The third-order valence-corrected chi connectivity index (χ3v) is 4.22. The second kappa shape index (κ2) is 6.94. The predicted molar refractivity (Wildman–Crippen MR) is 85.2 cm³/mol. The van der Waals surface area contributed by atoms with Gasteiger partial charge in [0.1, 0.15) is 5.75 Å². The fourth-order valence-electron chi connectivity index (χ4n) is 2.48. The average molecular weight is 308 g/mol. The van der Waals surface area contributed by atoms with Crippen molar-refractivity contribution in [3.05, 3.63) is 40.2 Å². The molecule has 0 aliphatic carbocycles. The lowest BCUT2D eigenvalue weighted by Gasteiger charge is -2.18. The summed E-state index contributed by atoms with van der Waals surface area (Å²) in [6.07, 6.45) is 3.84. The first-order valence-corrected chi connectivity index (χ1v) is 7.69. The maximum Gasteiger partial charge on any atom is 0.122 e. The molecule has 0 amide bonds. The first-order valence-electron chi connectivity index (χ1n) is 7.32. The summed E-state index contributed by atoms with van der Waals surface area (Å²) >= 11 is 6.29. The van der Waals surface area contributed by atoms with Crippen molar-refractivity contribution in [1.82, 2.24) is 15.0 Å². The van der Waals surface area contributed by atoms with E-state index in [1.807, 2.05) is 29.9 Å². The van der Waals surface area contributed by atoms with E-state index in [-0.39, 0.29) is 0 Å². The van der Waals surface area contributed by atoms with Crippen LogP contribution in [-0.2, 0) is 13.0 Å². The van der Waals surface area contributed by atoms with E-state index < -0.39 is 0 Å². The lowest BCUT2D eigenvalue weighted by Crippen LogP contribution is -2.05. The number of methoxy groups -OCH3 is 1. The number of benzene rings is 1. The number of hydrogen-bond acceptors (Lipinski definition) is 3. The largest absolute Gasteiger partial charge is 0.496 e. The van der Waals surface area contributed by atoms with E-state index in [9.17, 15) is 0 Å².